The van der Waals surface area contributed by atoms with Crippen molar-refractivity contribution in [2.45, 2.75) is 19.8 Å². The van der Waals surface area contributed by atoms with Crippen molar-refractivity contribution < 1.29 is 0 Å². The molecule has 0 nitrogen and oxygen atoms in total. The minimum absolute atomic E-state index is 1.18. The van der Waals surface area contributed by atoms with E-state index in [1.54, 1.807) is 0 Å². The number of aryl methyl sites for hydroxylation is 1. The van der Waals surface area contributed by atoms with Gasteiger partial charge in [0.15, 0.2) is 0 Å². The largest absolute Gasteiger partial charge is 0.0761 e. The van der Waals surface area contributed by atoms with Gasteiger partial charge in [-0.1, -0.05) is 42.5 Å². The highest BCUT2D eigenvalue weighted by atomic mass is 14.1. The number of hydrogen-bond acceptors (Lipinski definition) is 0. The van der Waals surface area contributed by atoms with Gasteiger partial charge in [0.05, 0.1) is 0 Å². The average molecular weight is 194 g/mol. The van der Waals surface area contributed by atoms with Gasteiger partial charge in [0.2, 0.25) is 0 Å². The van der Waals surface area contributed by atoms with E-state index in [2.05, 4.69) is 49.4 Å². The van der Waals surface area contributed by atoms with E-state index in [4.69, 9.17) is 0 Å². The Hall–Kier alpha value is -1.56. The minimum Gasteiger partial charge on any atom is -0.0761 e. The van der Waals surface area contributed by atoms with Crippen molar-refractivity contribution in [3.63, 3.8) is 0 Å². The maximum Gasteiger partial charge on any atom is -0.0109 e. The highest BCUT2D eigenvalue weighted by Crippen LogP contribution is 2.10. The van der Waals surface area contributed by atoms with Crippen molar-refractivity contribution in [1.29, 1.82) is 0 Å². The zero-order valence-electron chi connectivity index (χ0n) is 8.96. The van der Waals surface area contributed by atoms with Crippen LogP contribution in [0.4, 0.5) is 0 Å². The second-order valence-electron chi connectivity index (χ2n) is 4.23. The van der Waals surface area contributed by atoms with Crippen molar-refractivity contribution in [3.8, 4) is 0 Å². The molecule has 1 aliphatic carbocycles. The van der Waals surface area contributed by atoms with Crippen LogP contribution in [0.1, 0.15) is 18.4 Å². The van der Waals surface area contributed by atoms with Gasteiger partial charge >= 0.3 is 0 Å². The Morgan fingerprint density at radius 3 is 2.53 bits per heavy atom. The fourth-order valence-electron chi connectivity index (χ4n) is 2.48. The molecule has 74 valence electrons. The van der Waals surface area contributed by atoms with Gasteiger partial charge in [0.25, 0.3) is 0 Å². The minimum atomic E-state index is 1.18. The fraction of sp³-hybridized carbons (Fsp3) is 0.200. The molecule has 2 aromatic carbocycles. The molecule has 0 bridgehead atoms. The van der Waals surface area contributed by atoms with Crippen molar-refractivity contribution in [1.82, 2.24) is 0 Å². The Labute approximate surface area is 89.6 Å². The summed E-state index contributed by atoms with van der Waals surface area (Å²) in [7, 11) is 0. The van der Waals surface area contributed by atoms with Crippen molar-refractivity contribution >= 4 is 22.9 Å². The van der Waals surface area contributed by atoms with E-state index in [0.717, 1.165) is 0 Å². The van der Waals surface area contributed by atoms with E-state index in [1.807, 2.05) is 0 Å². The van der Waals surface area contributed by atoms with Gasteiger partial charge in [0.1, 0.15) is 0 Å². The molecule has 0 heteroatoms. The summed E-state index contributed by atoms with van der Waals surface area (Å²) in [6.45, 7) is 2.21. The SMILES string of the molecule is Cc1cc2ccccc2c2c1=CCCC=2. The number of fused-ring (bicyclic) bond motifs is 3. The standard InChI is InChI=1S/C15H14/c1-11-10-12-6-2-3-8-14(12)15-9-5-4-7-13(11)15/h2-3,6-10H,4-5H2,1H3. The predicted molar refractivity (Wildman–Crippen MR) is 66.1 cm³/mol. The number of hydrogen-bond donors (Lipinski definition) is 0. The molecule has 3 rings (SSSR count). The van der Waals surface area contributed by atoms with Crippen molar-refractivity contribution in [2.75, 3.05) is 0 Å². The van der Waals surface area contributed by atoms with E-state index in [0.29, 0.717) is 0 Å². The molecule has 0 aromatic heterocycles. The molecule has 0 heterocycles. The van der Waals surface area contributed by atoms with Crippen LogP contribution < -0.4 is 10.4 Å². The van der Waals surface area contributed by atoms with Crippen molar-refractivity contribution in [3.05, 3.63) is 46.3 Å². The third-order valence-corrected chi connectivity index (χ3v) is 3.20. The summed E-state index contributed by atoms with van der Waals surface area (Å²) in [5.74, 6) is 0. The summed E-state index contributed by atoms with van der Waals surface area (Å²) in [6, 6.07) is 11.0. The van der Waals surface area contributed by atoms with Crippen molar-refractivity contribution in [2.24, 2.45) is 0 Å². The van der Waals surface area contributed by atoms with E-state index in [9.17, 15) is 0 Å². The Morgan fingerprint density at radius 1 is 0.933 bits per heavy atom. The zero-order valence-corrected chi connectivity index (χ0v) is 8.96. The maximum atomic E-state index is 2.38. The third-order valence-electron chi connectivity index (χ3n) is 3.20. The third kappa shape index (κ3) is 1.29. The first-order valence-electron chi connectivity index (χ1n) is 5.55. The van der Waals surface area contributed by atoms with Crippen LogP contribution in [0.2, 0.25) is 0 Å². The van der Waals surface area contributed by atoms with Gasteiger partial charge in [-0.2, -0.15) is 0 Å². The van der Waals surface area contributed by atoms with Crippen LogP contribution in [0.25, 0.3) is 22.9 Å². The predicted octanol–water partition coefficient (Wildman–Crippen LogP) is 2.50. The summed E-state index contributed by atoms with van der Waals surface area (Å²) in [6.07, 6.45) is 7.12. The molecule has 0 N–H and O–H groups in total. The fourth-order valence-corrected chi connectivity index (χ4v) is 2.48. The van der Waals surface area contributed by atoms with Crippen LogP contribution in [0, 0.1) is 6.92 Å². The second kappa shape index (κ2) is 3.23. The smallest absolute Gasteiger partial charge is 0.0109 e. The first-order valence-corrected chi connectivity index (χ1v) is 5.55. The van der Waals surface area contributed by atoms with Gasteiger partial charge in [-0.15, -0.1) is 0 Å². The molecule has 0 unspecified atom stereocenters. The second-order valence-corrected chi connectivity index (χ2v) is 4.23. The average Bonchev–Trinajstić information content (AvgIpc) is 2.30. The van der Waals surface area contributed by atoms with Crippen LogP contribution in [-0.2, 0) is 0 Å². The van der Waals surface area contributed by atoms with E-state index < -0.39 is 0 Å². The lowest BCUT2D eigenvalue weighted by molar-refractivity contribution is 1.11. The van der Waals surface area contributed by atoms with Crippen LogP contribution in [0.3, 0.4) is 0 Å². The zero-order chi connectivity index (χ0) is 10.3. The van der Waals surface area contributed by atoms with Crippen LogP contribution in [-0.4, -0.2) is 0 Å². The molecule has 0 aliphatic heterocycles. The molecule has 0 spiro atoms. The molecular formula is C15H14. The Balaban J connectivity index is 2.63. The molecule has 0 atom stereocenters. The van der Waals surface area contributed by atoms with Crippen LogP contribution >= 0.6 is 0 Å². The molecular weight excluding hydrogens is 180 g/mol. The maximum absolute atomic E-state index is 2.38. The lowest BCUT2D eigenvalue weighted by Gasteiger charge is -2.07. The molecule has 0 fully saturated rings. The molecule has 0 amide bonds. The van der Waals surface area contributed by atoms with Crippen LogP contribution in [0.5, 0.6) is 0 Å². The Bertz CT molecular complexity index is 633. The Morgan fingerprint density at radius 2 is 1.67 bits per heavy atom. The van der Waals surface area contributed by atoms with Crippen LogP contribution in [0.15, 0.2) is 30.3 Å². The van der Waals surface area contributed by atoms with E-state index >= 15 is 0 Å². The molecule has 0 saturated heterocycles. The first kappa shape index (κ1) is 8.72. The van der Waals surface area contributed by atoms with Gasteiger partial charge in [-0.25, -0.2) is 0 Å². The quantitative estimate of drug-likeness (QED) is 0.604. The van der Waals surface area contributed by atoms with Gasteiger partial charge in [-0.05, 0) is 46.5 Å². The summed E-state index contributed by atoms with van der Waals surface area (Å²) in [4.78, 5) is 0. The van der Waals surface area contributed by atoms with Gasteiger partial charge in [0, 0.05) is 0 Å². The highest BCUT2D eigenvalue weighted by Gasteiger charge is 2.01. The number of rotatable bonds is 0. The lowest BCUT2D eigenvalue weighted by Crippen LogP contribution is -2.29. The summed E-state index contributed by atoms with van der Waals surface area (Å²) in [5, 5.41) is 5.64. The topological polar surface area (TPSA) is 0 Å². The molecule has 0 radical (unpaired) electrons. The van der Waals surface area contributed by atoms with Gasteiger partial charge in [-0.3, -0.25) is 0 Å². The lowest BCUT2D eigenvalue weighted by atomic mass is 9.98. The van der Waals surface area contributed by atoms with E-state index in [1.165, 1.54) is 39.6 Å². The first-order chi connectivity index (χ1) is 7.36. The Kier molecular flexibility index (Phi) is 1.88. The highest BCUT2D eigenvalue weighted by molar-refractivity contribution is 5.85. The van der Waals surface area contributed by atoms with Gasteiger partial charge < -0.3 is 0 Å². The molecule has 2 aromatic rings. The molecule has 0 saturated carbocycles. The summed E-state index contributed by atoms with van der Waals surface area (Å²) >= 11 is 0. The summed E-state index contributed by atoms with van der Waals surface area (Å²) < 4.78 is 0. The molecule has 1 aliphatic rings. The summed E-state index contributed by atoms with van der Waals surface area (Å²) in [5.41, 5.74) is 1.40. The van der Waals surface area contributed by atoms with E-state index in [-0.39, 0.29) is 0 Å². The molecule has 15 heavy (non-hydrogen) atoms. The monoisotopic (exact) mass is 194 g/mol. The number of benzene rings is 2. The normalized spacial score (nSPS) is 14.2.